The molecule has 0 radical (unpaired) electrons. The molecule has 2 unspecified atom stereocenters. The van der Waals surface area contributed by atoms with Crippen molar-refractivity contribution >= 4 is 5.78 Å². The molecule has 17 atom stereocenters. The van der Waals surface area contributed by atoms with Crippen molar-refractivity contribution < 1.29 is 34.9 Å². The quantitative estimate of drug-likeness (QED) is 0.243. The second-order valence-corrected chi connectivity index (χ2v) is 21.3. The van der Waals surface area contributed by atoms with E-state index in [0.717, 1.165) is 94.7 Å². The Morgan fingerprint density at radius 1 is 1.00 bits per heavy atom. The molecule has 0 amide bonds. The number of carbonyl (C=O) groups excluding carboxylic acids is 1. The number of ether oxygens (including phenoxy) is 2. The first-order valence-corrected chi connectivity index (χ1v) is 21.3. The largest absolute Gasteiger partial charge is 0.393 e. The van der Waals surface area contributed by atoms with Crippen molar-refractivity contribution in [1.29, 1.82) is 0 Å². The summed E-state index contributed by atoms with van der Waals surface area (Å²) in [6, 6.07) is 0. The molecule has 6 aliphatic carbocycles. The monoisotopic (exact) mass is 710 g/mol. The number of quaternary nitrogens is 1. The first-order valence-electron chi connectivity index (χ1n) is 21.3. The maximum absolute atomic E-state index is 14.6. The molecule has 7 N–H and O–H groups in total. The van der Waals surface area contributed by atoms with Crippen molar-refractivity contribution in [3.8, 4) is 0 Å². The number of aliphatic hydroxyl groups excluding tert-OH is 1. The van der Waals surface area contributed by atoms with E-state index in [1.165, 1.54) is 6.42 Å². The van der Waals surface area contributed by atoms with Crippen LogP contribution >= 0.6 is 0 Å². The standard InChI is InChI=1S/C43H68N2O6/c1-23-13-16-50-42(21-23,37-36(51-37)41(6,48)38(2,3)14-11-24-12-15-45-32(44)17-24)31-19-27-9-10-29-34-33-25(22-39(31,4)43(27,34)49)7-8-26-18-28(46)20-30(35(29)47)40(26,33)5/h23-28,30-33,36-37,45-46,48-49H,7-22,44H2,1-6H3/p+1/t23-,24?,25+,26-,27-,28+,30+,31-,32?,33+,36+,37-,39-,40-,41+,42-,43-/m1/s1. The van der Waals surface area contributed by atoms with Gasteiger partial charge >= 0.3 is 0 Å². The zero-order chi connectivity index (χ0) is 36.1. The van der Waals surface area contributed by atoms with E-state index in [1.54, 1.807) is 0 Å². The molecule has 7 fully saturated rings. The molecule has 3 saturated heterocycles. The Morgan fingerprint density at radius 2 is 1.78 bits per heavy atom. The molecule has 286 valence electrons. The van der Waals surface area contributed by atoms with Gasteiger partial charge in [0.25, 0.3) is 0 Å². The second kappa shape index (κ2) is 11.6. The first kappa shape index (κ1) is 35.8. The third-order valence-electron chi connectivity index (χ3n) is 18.5. The lowest BCUT2D eigenvalue weighted by atomic mass is 9.36. The lowest BCUT2D eigenvalue weighted by Crippen LogP contribution is -2.94. The van der Waals surface area contributed by atoms with Crippen LogP contribution in [0.15, 0.2) is 11.1 Å². The van der Waals surface area contributed by atoms with E-state index in [2.05, 4.69) is 39.9 Å². The minimum Gasteiger partial charge on any atom is -0.393 e. The molecular weight excluding hydrogens is 640 g/mol. The van der Waals surface area contributed by atoms with Crippen molar-refractivity contribution in [1.82, 2.24) is 0 Å². The van der Waals surface area contributed by atoms with Crippen LogP contribution in [0.2, 0.25) is 0 Å². The summed E-state index contributed by atoms with van der Waals surface area (Å²) in [4.78, 5) is 14.6. The van der Waals surface area contributed by atoms with Gasteiger partial charge in [0.15, 0.2) is 5.78 Å². The lowest BCUT2D eigenvalue weighted by Gasteiger charge is -2.69. The van der Waals surface area contributed by atoms with E-state index in [1.807, 2.05) is 6.92 Å². The fourth-order valence-corrected chi connectivity index (χ4v) is 15.4. The fraction of sp³-hybridized carbons (Fsp3) is 0.930. The van der Waals surface area contributed by atoms with Gasteiger partial charge in [-0.2, -0.15) is 0 Å². The van der Waals surface area contributed by atoms with E-state index in [-0.39, 0.29) is 58.7 Å². The summed E-state index contributed by atoms with van der Waals surface area (Å²) >= 11 is 0. The van der Waals surface area contributed by atoms with Crippen molar-refractivity contribution in [3.05, 3.63) is 11.1 Å². The summed E-state index contributed by atoms with van der Waals surface area (Å²) in [5.41, 5.74) is 4.66. The molecule has 8 heteroatoms. The normalized spacial score (nSPS) is 54.5. The molecule has 3 heterocycles. The lowest BCUT2D eigenvalue weighted by molar-refractivity contribution is -0.699. The van der Waals surface area contributed by atoms with E-state index in [9.17, 15) is 20.1 Å². The summed E-state index contributed by atoms with van der Waals surface area (Å²) in [6.07, 6.45) is 12.2. The highest BCUT2D eigenvalue weighted by molar-refractivity contribution is 6.00. The second-order valence-electron chi connectivity index (χ2n) is 21.3. The van der Waals surface area contributed by atoms with Crippen molar-refractivity contribution in [2.24, 2.45) is 69.3 Å². The van der Waals surface area contributed by atoms with E-state index in [0.29, 0.717) is 36.7 Å². The van der Waals surface area contributed by atoms with Crippen LogP contribution in [0, 0.1) is 63.6 Å². The SMILES string of the molecule is C[C@@H]1CCO[C@@]([C@@H]2O[C@@H]2[C@](C)(O)C(C)(C)CCC2CC[NH2+]C(N)C2)([C@@H]2C[C@H]3CCC4=C5[C@@H]6[C@@H](CC[C@@H]7C[C@H](O)C[C@@H](C4=O)[C@@]76C)C[C@@]2(C)[C@]53O)C1. The summed E-state index contributed by atoms with van der Waals surface area (Å²) in [5.74, 6) is 2.26. The molecule has 0 aromatic rings. The number of epoxide rings is 1. The predicted molar refractivity (Wildman–Crippen MR) is 194 cm³/mol. The Morgan fingerprint density at radius 3 is 2.53 bits per heavy atom. The number of aliphatic hydroxyl groups is 3. The van der Waals surface area contributed by atoms with Gasteiger partial charge in [-0.3, -0.25) is 10.5 Å². The van der Waals surface area contributed by atoms with E-state index in [4.69, 9.17) is 15.2 Å². The zero-order valence-electron chi connectivity index (χ0n) is 32.5. The topological polar surface area (TPSA) is 142 Å². The number of nitrogens with two attached hydrogens (primary N) is 2. The van der Waals surface area contributed by atoms with Gasteiger partial charge in [-0.15, -0.1) is 0 Å². The Hall–Kier alpha value is -0.870. The summed E-state index contributed by atoms with van der Waals surface area (Å²) in [6.45, 7) is 15.3. The molecular formula is C43H69N2O6+. The number of hydrogen-bond acceptors (Lipinski definition) is 7. The average molecular weight is 710 g/mol. The molecule has 3 aliphatic heterocycles. The number of carbonyl (C=O) groups is 1. The van der Waals surface area contributed by atoms with Crippen molar-refractivity contribution in [3.63, 3.8) is 0 Å². The van der Waals surface area contributed by atoms with Gasteiger partial charge < -0.3 is 30.1 Å². The molecule has 8 nitrogen and oxygen atoms in total. The molecule has 0 spiro atoms. The number of rotatable bonds is 7. The first-order chi connectivity index (χ1) is 24.0. The molecule has 4 saturated carbocycles. The maximum atomic E-state index is 14.6. The summed E-state index contributed by atoms with van der Waals surface area (Å²) < 4.78 is 14.0. The highest BCUT2D eigenvalue weighted by Crippen LogP contribution is 2.78. The number of piperidine rings is 1. The fourth-order valence-electron chi connectivity index (χ4n) is 15.4. The molecule has 0 aromatic carbocycles. The van der Waals surface area contributed by atoms with Gasteiger partial charge in [-0.1, -0.05) is 34.6 Å². The highest BCUT2D eigenvalue weighted by atomic mass is 16.6. The van der Waals surface area contributed by atoms with Crippen molar-refractivity contribution in [2.45, 2.75) is 173 Å². The van der Waals surface area contributed by atoms with Crippen LogP contribution in [0.3, 0.4) is 0 Å². The van der Waals surface area contributed by atoms with Gasteiger partial charge in [0.1, 0.15) is 24.0 Å². The predicted octanol–water partition coefficient (Wildman–Crippen LogP) is 4.62. The Labute approximate surface area is 306 Å². The Bertz CT molecular complexity index is 1480. The minimum atomic E-state index is -1.05. The van der Waals surface area contributed by atoms with Gasteiger partial charge in [0.2, 0.25) is 0 Å². The number of hydrogen-bond donors (Lipinski definition) is 5. The molecule has 9 aliphatic rings. The van der Waals surface area contributed by atoms with Gasteiger partial charge in [0.05, 0.1) is 23.9 Å². The smallest absolute Gasteiger partial charge is 0.162 e. The number of Topliss-reactive ketones (excluding diaryl/α,β-unsaturated/α-hetero) is 1. The summed E-state index contributed by atoms with van der Waals surface area (Å²) in [5, 5.41) is 39.4. The summed E-state index contributed by atoms with van der Waals surface area (Å²) in [7, 11) is 0. The molecule has 9 rings (SSSR count). The van der Waals surface area contributed by atoms with Crippen molar-refractivity contribution in [2.75, 3.05) is 13.2 Å². The highest BCUT2D eigenvalue weighted by Gasteiger charge is 2.79. The number of allylic oxidation sites excluding steroid dienone is 1. The van der Waals surface area contributed by atoms with Crippen LogP contribution in [-0.2, 0) is 14.3 Å². The molecule has 0 aromatic heterocycles. The third-order valence-corrected chi connectivity index (χ3v) is 18.5. The van der Waals surface area contributed by atoms with Crippen LogP contribution in [0.4, 0.5) is 0 Å². The van der Waals surface area contributed by atoms with E-state index >= 15 is 0 Å². The minimum absolute atomic E-state index is 0.0657. The average Bonchev–Trinajstić information content (AvgIpc) is 3.85. The van der Waals surface area contributed by atoms with Crippen LogP contribution < -0.4 is 11.1 Å². The van der Waals surface area contributed by atoms with Gasteiger partial charge in [-0.25, -0.2) is 0 Å². The Kier molecular flexibility index (Phi) is 8.13. The Balaban J connectivity index is 1.07. The van der Waals surface area contributed by atoms with Gasteiger partial charge in [0, 0.05) is 24.4 Å². The van der Waals surface area contributed by atoms with Crippen LogP contribution in [0.25, 0.3) is 0 Å². The zero-order valence-corrected chi connectivity index (χ0v) is 32.5. The van der Waals surface area contributed by atoms with Crippen LogP contribution in [0.5, 0.6) is 0 Å². The third kappa shape index (κ3) is 4.72. The molecule has 0 bridgehead atoms. The molecule has 51 heavy (non-hydrogen) atoms. The van der Waals surface area contributed by atoms with Gasteiger partial charge in [-0.05, 0) is 154 Å². The maximum Gasteiger partial charge on any atom is 0.162 e. The van der Waals surface area contributed by atoms with E-state index < -0.39 is 28.3 Å². The van der Waals surface area contributed by atoms with Crippen LogP contribution in [-0.4, -0.2) is 75.5 Å². The van der Waals surface area contributed by atoms with Crippen LogP contribution in [0.1, 0.15) is 131 Å². The number of ketones is 1.